The molecule has 0 unspecified atom stereocenters. The van der Waals surface area contributed by atoms with Crippen LogP contribution in [-0.4, -0.2) is 66.8 Å². The topological polar surface area (TPSA) is 67.8 Å². The van der Waals surface area contributed by atoms with Gasteiger partial charge in [-0.3, -0.25) is 4.79 Å². The number of piperidine rings is 1. The first kappa shape index (κ1) is 24.0. The average Bonchev–Trinajstić information content (AvgIpc) is 3.63. The zero-order valence-corrected chi connectivity index (χ0v) is 20.4. The van der Waals surface area contributed by atoms with Crippen molar-refractivity contribution in [2.75, 3.05) is 44.8 Å². The quantitative estimate of drug-likeness (QED) is 0.515. The lowest BCUT2D eigenvalue weighted by Crippen LogP contribution is -2.51. The van der Waals surface area contributed by atoms with E-state index in [0.717, 1.165) is 66.7 Å². The number of methoxy groups -OCH3 is 1. The van der Waals surface area contributed by atoms with Gasteiger partial charge in [0.05, 0.1) is 32.7 Å². The summed E-state index contributed by atoms with van der Waals surface area (Å²) in [6.07, 6.45) is 7.99. The minimum absolute atomic E-state index is 0.00862. The maximum absolute atomic E-state index is 12.9. The molecule has 0 N–H and O–H groups in total. The Morgan fingerprint density at radius 1 is 1.09 bits per heavy atom. The van der Waals surface area contributed by atoms with Gasteiger partial charge < -0.3 is 19.3 Å². The molecule has 1 aliphatic carbocycles. The van der Waals surface area contributed by atoms with E-state index >= 15 is 0 Å². The minimum Gasteiger partial charge on any atom is -0.494 e. The van der Waals surface area contributed by atoms with Crippen molar-refractivity contribution >= 4 is 11.9 Å². The Bertz CT molecular complexity index is 973. The molecule has 2 atom stereocenters. The number of nitrogens with zero attached hydrogens (tertiary/aromatic N) is 4. The molecule has 35 heavy (non-hydrogen) atoms. The van der Waals surface area contributed by atoms with E-state index in [9.17, 15) is 9.18 Å². The third-order valence-corrected chi connectivity index (χ3v) is 7.63. The van der Waals surface area contributed by atoms with Crippen molar-refractivity contribution in [1.82, 2.24) is 14.9 Å². The molecule has 2 saturated heterocycles. The van der Waals surface area contributed by atoms with Crippen molar-refractivity contribution in [3.05, 3.63) is 47.8 Å². The van der Waals surface area contributed by atoms with E-state index in [1.165, 1.54) is 19.3 Å². The Morgan fingerprint density at radius 3 is 2.46 bits per heavy atom. The van der Waals surface area contributed by atoms with Crippen LogP contribution >= 0.6 is 0 Å². The number of hydrogen-bond donors (Lipinski definition) is 0. The molecule has 0 bridgehead atoms. The van der Waals surface area contributed by atoms with Crippen molar-refractivity contribution in [2.24, 2.45) is 17.8 Å². The van der Waals surface area contributed by atoms with Crippen LogP contribution in [0.2, 0.25) is 0 Å². The fourth-order valence-electron chi connectivity index (χ4n) is 5.41. The Labute approximate surface area is 206 Å². The second-order valence-electron chi connectivity index (χ2n) is 10.2. The lowest BCUT2D eigenvalue weighted by Gasteiger charge is -2.34. The summed E-state index contributed by atoms with van der Waals surface area (Å²) in [5.41, 5.74) is 1.94. The maximum Gasteiger partial charge on any atom is 0.227 e. The number of hydrogen-bond acceptors (Lipinski definition) is 6. The van der Waals surface area contributed by atoms with Crippen molar-refractivity contribution < 1.29 is 18.7 Å². The summed E-state index contributed by atoms with van der Waals surface area (Å²) in [5.74, 6) is 4.04. The standard InChI is InChI=1S/C27H35FN4O3/c1-34-18-20-14-29-27(30-15-20)31-9-6-21(7-10-31)25-13-22(25)8-11-35-24-4-2-19(3-5-24)12-26(33)32-16-23(28)17-32/h2-5,14-15,21-23,25H,6-13,16-18H2,1H3/t22-,25-/m0/s1. The van der Waals surface area contributed by atoms with Gasteiger partial charge in [0.25, 0.3) is 0 Å². The normalized spacial score (nSPS) is 22.7. The van der Waals surface area contributed by atoms with Crippen LogP contribution in [0.4, 0.5) is 10.3 Å². The monoisotopic (exact) mass is 482 g/mol. The molecule has 2 aliphatic heterocycles. The first-order chi connectivity index (χ1) is 17.1. The van der Waals surface area contributed by atoms with Gasteiger partial charge in [0.15, 0.2) is 0 Å². The number of benzene rings is 1. The third kappa shape index (κ3) is 6.10. The van der Waals surface area contributed by atoms with Gasteiger partial charge in [-0.05, 0) is 61.1 Å². The lowest BCUT2D eigenvalue weighted by atomic mass is 9.90. The predicted octanol–water partition coefficient (Wildman–Crippen LogP) is 3.67. The number of amides is 1. The summed E-state index contributed by atoms with van der Waals surface area (Å²) in [6.45, 7) is 3.79. The minimum atomic E-state index is -0.854. The first-order valence-electron chi connectivity index (χ1n) is 12.8. The molecule has 1 amide bonds. The summed E-state index contributed by atoms with van der Waals surface area (Å²) in [5, 5.41) is 0. The summed E-state index contributed by atoms with van der Waals surface area (Å²) in [7, 11) is 1.68. The fourth-order valence-corrected chi connectivity index (χ4v) is 5.41. The molecule has 3 fully saturated rings. The number of aromatic nitrogens is 2. The van der Waals surface area contributed by atoms with Gasteiger partial charge in [-0.2, -0.15) is 0 Å². The van der Waals surface area contributed by atoms with E-state index in [2.05, 4.69) is 14.9 Å². The van der Waals surface area contributed by atoms with Gasteiger partial charge in [0.1, 0.15) is 11.9 Å². The van der Waals surface area contributed by atoms with Gasteiger partial charge >= 0.3 is 0 Å². The van der Waals surface area contributed by atoms with Crippen molar-refractivity contribution in [1.29, 1.82) is 0 Å². The molecule has 1 saturated carbocycles. The summed E-state index contributed by atoms with van der Waals surface area (Å²) < 4.78 is 24.0. The summed E-state index contributed by atoms with van der Waals surface area (Å²) in [4.78, 5) is 25.0. The maximum atomic E-state index is 12.9. The van der Waals surface area contributed by atoms with Crippen LogP contribution in [-0.2, 0) is 22.6 Å². The highest BCUT2D eigenvalue weighted by atomic mass is 19.1. The highest BCUT2D eigenvalue weighted by Crippen LogP contribution is 2.49. The van der Waals surface area contributed by atoms with E-state index in [1.807, 2.05) is 36.7 Å². The molecule has 0 radical (unpaired) electrons. The van der Waals surface area contributed by atoms with E-state index in [-0.39, 0.29) is 19.0 Å². The van der Waals surface area contributed by atoms with Gasteiger partial charge in [-0.1, -0.05) is 12.1 Å². The van der Waals surface area contributed by atoms with Crippen LogP contribution in [0.5, 0.6) is 5.75 Å². The molecule has 5 rings (SSSR count). The molecule has 0 spiro atoms. The zero-order valence-electron chi connectivity index (χ0n) is 20.4. The molecule has 1 aromatic carbocycles. The van der Waals surface area contributed by atoms with Gasteiger partial charge in [0.2, 0.25) is 11.9 Å². The Morgan fingerprint density at radius 2 is 1.80 bits per heavy atom. The second-order valence-corrected chi connectivity index (χ2v) is 10.2. The molecule has 2 aromatic rings. The number of anilines is 1. The Kier molecular flexibility index (Phi) is 7.46. The number of rotatable bonds is 10. The lowest BCUT2D eigenvalue weighted by molar-refractivity contribution is -0.137. The number of alkyl halides is 1. The molecule has 3 aliphatic rings. The number of likely N-dealkylation sites (tertiary alicyclic amines) is 1. The number of carbonyl (C=O) groups excluding carboxylic acids is 1. The highest BCUT2D eigenvalue weighted by molar-refractivity contribution is 5.79. The highest BCUT2D eigenvalue weighted by Gasteiger charge is 2.43. The second kappa shape index (κ2) is 10.9. The van der Waals surface area contributed by atoms with E-state index in [1.54, 1.807) is 12.0 Å². The van der Waals surface area contributed by atoms with Crippen LogP contribution in [0.25, 0.3) is 0 Å². The Balaban J connectivity index is 0.983. The SMILES string of the molecule is COCc1cnc(N2CCC([C@@H]3C[C@@H]3CCOc3ccc(CC(=O)N4CC(F)C4)cc3)CC2)nc1. The fraction of sp³-hybridized carbons (Fsp3) is 0.593. The van der Waals surface area contributed by atoms with E-state index in [4.69, 9.17) is 9.47 Å². The predicted molar refractivity (Wildman–Crippen MR) is 131 cm³/mol. The third-order valence-electron chi connectivity index (χ3n) is 7.63. The van der Waals surface area contributed by atoms with Crippen LogP contribution in [0.3, 0.4) is 0 Å². The molecule has 1 aromatic heterocycles. The molecular formula is C27H35FN4O3. The number of halogens is 1. The van der Waals surface area contributed by atoms with Crippen LogP contribution in [0.1, 0.15) is 36.8 Å². The van der Waals surface area contributed by atoms with E-state index < -0.39 is 6.17 Å². The molecular weight excluding hydrogens is 447 g/mol. The number of carbonyl (C=O) groups is 1. The molecule has 3 heterocycles. The largest absolute Gasteiger partial charge is 0.494 e. The zero-order chi connectivity index (χ0) is 24.2. The smallest absolute Gasteiger partial charge is 0.227 e. The number of ether oxygens (including phenoxy) is 2. The Hall–Kier alpha value is -2.74. The van der Waals surface area contributed by atoms with Gasteiger partial charge in [-0.25, -0.2) is 14.4 Å². The van der Waals surface area contributed by atoms with E-state index in [0.29, 0.717) is 13.0 Å². The summed E-state index contributed by atoms with van der Waals surface area (Å²) >= 11 is 0. The molecule has 188 valence electrons. The van der Waals surface area contributed by atoms with Crippen LogP contribution < -0.4 is 9.64 Å². The molecule has 7 nitrogen and oxygen atoms in total. The average molecular weight is 483 g/mol. The van der Waals surface area contributed by atoms with Crippen molar-refractivity contribution in [2.45, 2.75) is 44.9 Å². The van der Waals surface area contributed by atoms with Crippen LogP contribution in [0, 0.1) is 17.8 Å². The summed E-state index contributed by atoms with van der Waals surface area (Å²) in [6, 6.07) is 7.73. The van der Waals surface area contributed by atoms with Crippen LogP contribution in [0.15, 0.2) is 36.7 Å². The molecule has 8 heteroatoms. The van der Waals surface area contributed by atoms with Gasteiger partial charge in [0, 0.05) is 38.2 Å². The first-order valence-corrected chi connectivity index (χ1v) is 12.8. The van der Waals surface area contributed by atoms with Crippen molar-refractivity contribution in [3.63, 3.8) is 0 Å². The van der Waals surface area contributed by atoms with Crippen molar-refractivity contribution in [3.8, 4) is 5.75 Å². The van der Waals surface area contributed by atoms with Gasteiger partial charge in [-0.15, -0.1) is 0 Å².